The fourth-order valence-corrected chi connectivity index (χ4v) is 5.47. The zero-order chi connectivity index (χ0) is 31.0. The highest BCUT2D eigenvalue weighted by Crippen LogP contribution is 2.31. The van der Waals surface area contributed by atoms with Crippen LogP contribution in [-0.4, -0.2) is 77.1 Å². The van der Waals surface area contributed by atoms with Gasteiger partial charge in [-0.2, -0.15) is 13.2 Å². The minimum atomic E-state index is -4.44. The summed E-state index contributed by atoms with van der Waals surface area (Å²) in [6.07, 6.45) is -3.43. The van der Waals surface area contributed by atoms with Crippen molar-refractivity contribution in [1.29, 1.82) is 0 Å². The molecule has 3 aromatic rings. The molecule has 1 saturated heterocycles. The first-order valence-corrected chi connectivity index (χ1v) is 14.9. The van der Waals surface area contributed by atoms with Crippen molar-refractivity contribution >= 4 is 39.4 Å². The highest BCUT2D eigenvalue weighted by Gasteiger charge is 2.30. The first kappa shape index (κ1) is 32.0. The maximum atomic E-state index is 13.6. The number of hydrogen-bond acceptors (Lipinski definition) is 7. The van der Waals surface area contributed by atoms with Gasteiger partial charge in [-0.3, -0.25) is 0 Å². The summed E-state index contributed by atoms with van der Waals surface area (Å²) >= 11 is 0. The summed E-state index contributed by atoms with van der Waals surface area (Å²) in [6, 6.07) is 11.9. The average Bonchev–Trinajstić information content (AvgIpc) is 3.30. The molecule has 43 heavy (non-hydrogen) atoms. The Balaban J connectivity index is 1.47. The molecule has 0 radical (unpaired) electrons. The van der Waals surface area contributed by atoms with Crippen molar-refractivity contribution in [3.05, 3.63) is 48.2 Å². The molecule has 0 bridgehead atoms. The van der Waals surface area contributed by atoms with E-state index in [2.05, 4.69) is 32.1 Å². The van der Waals surface area contributed by atoms with Gasteiger partial charge in [0.2, 0.25) is 0 Å². The Morgan fingerprint density at radius 1 is 1.19 bits per heavy atom. The number of carbonyl (C=O) groups is 1. The van der Waals surface area contributed by atoms with Crippen LogP contribution in [0.3, 0.4) is 0 Å². The number of likely N-dealkylation sites (tertiary alicyclic amines) is 1. The molecule has 0 saturated carbocycles. The maximum absolute atomic E-state index is 13.6. The second kappa shape index (κ2) is 14.5. The van der Waals surface area contributed by atoms with Crippen LogP contribution in [0.4, 0.5) is 29.3 Å². The number of nitrogens with zero attached hydrogens (tertiary/aromatic N) is 2. The zero-order valence-electron chi connectivity index (χ0n) is 23.6. The van der Waals surface area contributed by atoms with E-state index in [1.165, 1.54) is 11.7 Å². The van der Waals surface area contributed by atoms with Crippen LogP contribution in [0, 0.1) is 11.8 Å². The molecule has 0 spiro atoms. The van der Waals surface area contributed by atoms with E-state index in [9.17, 15) is 22.2 Å². The zero-order valence-corrected chi connectivity index (χ0v) is 24.4. The lowest BCUT2D eigenvalue weighted by atomic mass is 10.0. The average molecular weight is 622 g/mol. The Labute approximate surface area is 249 Å². The molecule has 5 N–H and O–H groups in total. The van der Waals surface area contributed by atoms with Gasteiger partial charge in [-0.1, -0.05) is 12.0 Å². The molecule has 2 heterocycles. The summed E-state index contributed by atoms with van der Waals surface area (Å²) in [7, 11) is -0.210. The van der Waals surface area contributed by atoms with Gasteiger partial charge in [0.05, 0.1) is 42.1 Å². The van der Waals surface area contributed by atoms with Crippen LogP contribution in [0.25, 0.3) is 10.9 Å². The van der Waals surface area contributed by atoms with E-state index >= 15 is 0 Å². The molecule has 14 heteroatoms. The van der Waals surface area contributed by atoms with Crippen LogP contribution in [0.1, 0.15) is 25.0 Å². The minimum absolute atomic E-state index is 0.126. The van der Waals surface area contributed by atoms with E-state index in [0.717, 1.165) is 38.2 Å². The summed E-state index contributed by atoms with van der Waals surface area (Å²) in [5.41, 5.74) is 1.99. The molecule has 232 valence electrons. The third kappa shape index (κ3) is 9.03. The van der Waals surface area contributed by atoms with Crippen molar-refractivity contribution in [3.8, 4) is 17.6 Å². The highest BCUT2D eigenvalue weighted by atomic mass is 32.2. The summed E-state index contributed by atoms with van der Waals surface area (Å²) in [5.74, 6) is 6.21. The normalized spacial score (nSPS) is 15.0. The summed E-state index contributed by atoms with van der Waals surface area (Å²) in [6.45, 7) is 1.48. The maximum Gasteiger partial charge on any atom is 0.505 e. The van der Waals surface area contributed by atoms with Crippen molar-refractivity contribution < 1.29 is 36.8 Å². The van der Waals surface area contributed by atoms with Crippen LogP contribution in [0.2, 0.25) is 0 Å². The van der Waals surface area contributed by atoms with Gasteiger partial charge < -0.3 is 34.7 Å². The number of hydrogen-bond donors (Lipinski definition) is 4. The summed E-state index contributed by atoms with van der Waals surface area (Å²) < 4.78 is 63.4. The summed E-state index contributed by atoms with van der Waals surface area (Å²) in [4.78, 5) is 13.1. The van der Waals surface area contributed by atoms with Crippen molar-refractivity contribution in [2.45, 2.75) is 42.9 Å². The molecular formula is C29H34F3N5O5S. The highest BCUT2D eigenvalue weighted by molar-refractivity contribution is 7.82. The number of methoxy groups -OCH3 is 1. The van der Waals surface area contributed by atoms with E-state index in [1.54, 1.807) is 36.4 Å². The second-order valence-corrected chi connectivity index (χ2v) is 11.1. The Morgan fingerprint density at radius 2 is 1.95 bits per heavy atom. The van der Waals surface area contributed by atoms with Crippen molar-refractivity contribution in [2.75, 3.05) is 50.5 Å². The number of ether oxygens (including phenoxy) is 2. The van der Waals surface area contributed by atoms with Gasteiger partial charge in [0.25, 0.3) is 0 Å². The first-order chi connectivity index (χ1) is 20.5. The molecule has 0 aliphatic carbocycles. The lowest BCUT2D eigenvalue weighted by molar-refractivity contribution is -0.140. The minimum Gasteiger partial charge on any atom is -0.495 e. The molecule has 4 rings (SSSR count). The van der Waals surface area contributed by atoms with E-state index in [1.807, 2.05) is 6.07 Å². The Morgan fingerprint density at radius 3 is 2.63 bits per heavy atom. The number of benzene rings is 2. The third-order valence-corrected chi connectivity index (χ3v) is 7.78. The van der Waals surface area contributed by atoms with Gasteiger partial charge >= 0.3 is 12.3 Å². The predicted octanol–water partition coefficient (Wildman–Crippen LogP) is 4.62. The Kier molecular flexibility index (Phi) is 10.8. The smallest absolute Gasteiger partial charge is 0.495 e. The van der Waals surface area contributed by atoms with E-state index in [0.29, 0.717) is 33.7 Å². The fraction of sp³-hybridized carbons (Fsp3) is 0.414. The number of rotatable bonds is 11. The SMILES string of the molecule is COc1cc(S(N)=O)ccc1NCC#Cc1cc2c(NC3CCN(CCCOC(=O)O)CC3)cccc2n1CC(F)(F)F. The number of aromatic nitrogens is 1. The summed E-state index contributed by atoms with van der Waals surface area (Å²) in [5, 5.41) is 21.3. The van der Waals surface area contributed by atoms with Gasteiger partial charge in [0.15, 0.2) is 0 Å². The number of fused-ring (bicyclic) bond motifs is 1. The van der Waals surface area contributed by atoms with E-state index in [4.69, 9.17) is 15.0 Å². The first-order valence-electron chi connectivity index (χ1n) is 13.6. The van der Waals surface area contributed by atoms with Crippen molar-refractivity contribution in [2.24, 2.45) is 5.14 Å². The monoisotopic (exact) mass is 621 g/mol. The van der Waals surface area contributed by atoms with E-state index < -0.39 is 29.9 Å². The third-order valence-electron chi connectivity index (χ3n) is 7.06. The van der Waals surface area contributed by atoms with Crippen molar-refractivity contribution in [3.63, 3.8) is 0 Å². The number of piperidine rings is 1. The Hall–Kier alpha value is -3.93. The van der Waals surface area contributed by atoms with Crippen LogP contribution >= 0.6 is 0 Å². The molecule has 0 amide bonds. The van der Waals surface area contributed by atoms with Gasteiger partial charge in [-0.05, 0) is 61.6 Å². The standard InChI is InChI=1S/C29H34F3N5O5S/c1-41-27-18-22(43(33)40)8-9-25(27)34-12-3-5-21-17-23-24(6-2-7-26(23)37(21)19-29(30,31)32)35-20-10-14-36(15-11-20)13-4-16-42-28(38)39/h2,6-9,17-18,20,34-35H,4,10-16,19,33H2,1H3,(H,38,39). The molecule has 1 unspecified atom stereocenters. The number of alkyl halides is 3. The van der Waals surface area contributed by atoms with Crippen molar-refractivity contribution in [1.82, 2.24) is 9.47 Å². The number of nitrogens with one attached hydrogen (secondary N) is 2. The fourth-order valence-electron chi connectivity index (χ4n) is 5.05. The molecule has 1 fully saturated rings. The quantitative estimate of drug-likeness (QED) is 0.139. The molecule has 2 aromatic carbocycles. The van der Waals surface area contributed by atoms with Crippen LogP contribution in [-0.2, 0) is 22.3 Å². The predicted molar refractivity (Wildman–Crippen MR) is 159 cm³/mol. The number of halogens is 3. The second-order valence-electron chi connectivity index (χ2n) is 10.0. The number of anilines is 2. The van der Waals surface area contributed by atoms with Crippen LogP contribution in [0.5, 0.6) is 5.75 Å². The number of nitrogens with two attached hydrogens (primary N) is 1. The molecule has 1 aliphatic rings. The lowest BCUT2D eigenvalue weighted by Gasteiger charge is -2.33. The van der Waals surface area contributed by atoms with Crippen LogP contribution in [0.15, 0.2) is 47.4 Å². The topological polar surface area (TPSA) is 131 Å². The van der Waals surface area contributed by atoms with Gasteiger partial charge in [0, 0.05) is 36.7 Å². The number of carboxylic acid groups (broad SMARTS) is 1. The largest absolute Gasteiger partial charge is 0.505 e. The lowest BCUT2D eigenvalue weighted by Crippen LogP contribution is -2.39. The molecule has 1 aromatic heterocycles. The molecular weight excluding hydrogens is 587 g/mol. The van der Waals surface area contributed by atoms with Gasteiger partial charge in [-0.25, -0.2) is 14.1 Å². The Bertz CT molecular complexity index is 1510. The van der Waals surface area contributed by atoms with Gasteiger partial charge in [0.1, 0.15) is 23.3 Å². The van der Waals surface area contributed by atoms with Crippen LogP contribution < -0.4 is 20.5 Å². The molecule has 10 nitrogen and oxygen atoms in total. The van der Waals surface area contributed by atoms with E-state index in [-0.39, 0.29) is 24.9 Å². The molecule has 1 aliphatic heterocycles. The van der Waals surface area contributed by atoms with Gasteiger partial charge in [-0.15, -0.1) is 0 Å². The molecule has 1 atom stereocenters.